The predicted octanol–water partition coefficient (Wildman–Crippen LogP) is 0.943. The molecule has 2 aromatic heterocycles. The van der Waals surface area contributed by atoms with E-state index in [1.807, 2.05) is 29.6 Å². The Morgan fingerprint density at radius 1 is 1.07 bits per heavy atom. The van der Waals surface area contributed by atoms with Crippen LogP contribution in [0.5, 0.6) is 5.88 Å². The van der Waals surface area contributed by atoms with E-state index in [1.54, 1.807) is 24.3 Å². The van der Waals surface area contributed by atoms with Crippen molar-refractivity contribution < 1.29 is 10.4 Å². The van der Waals surface area contributed by atoms with Gasteiger partial charge in [0.2, 0.25) is 0 Å². The van der Waals surface area contributed by atoms with Crippen molar-refractivity contribution in [1.82, 2.24) is 14.5 Å². The zero-order chi connectivity index (χ0) is 20.1. The van der Waals surface area contributed by atoms with E-state index in [0.717, 1.165) is 39.7 Å². The summed E-state index contributed by atoms with van der Waals surface area (Å²) >= 11 is 5.92. The van der Waals surface area contributed by atoms with Crippen LogP contribution in [-0.2, 0) is 6.42 Å². The van der Waals surface area contributed by atoms with E-state index < -0.39 is 23.2 Å². The fourth-order valence-electron chi connectivity index (χ4n) is 4.16. The van der Waals surface area contributed by atoms with Crippen molar-refractivity contribution in [1.29, 1.82) is 0 Å². The van der Waals surface area contributed by atoms with Gasteiger partial charge in [0.05, 0.1) is 17.8 Å². The Labute approximate surface area is 169 Å². The minimum atomic E-state index is -0.765. The van der Waals surface area contributed by atoms with Crippen LogP contribution in [0.4, 0.5) is 0 Å². The van der Waals surface area contributed by atoms with Gasteiger partial charge in [0.25, 0.3) is 5.56 Å². The molecule has 0 unspecified atom stereocenters. The van der Waals surface area contributed by atoms with Crippen LogP contribution < -0.4 is 21.7 Å². The number of quaternary nitrogens is 1. The van der Waals surface area contributed by atoms with Gasteiger partial charge in [0.1, 0.15) is 0 Å². The molecule has 0 aliphatic carbocycles. The summed E-state index contributed by atoms with van der Waals surface area (Å²) in [6.45, 7) is 0.735. The number of H-pyrrole nitrogens is 2. The molecule has 8 heteroatoms. The lowest BCUT2D eigenvalue weighted by Crippen LogP contribution is -2.88. The highest BCUT2D eigenvalue weighted by Crippen LogP contribution is 2.31. The molecular weight excluding hydrogens is 392 g/mol. The van der Waals surface area contributed by atoms with Crippen LogP contribution in [0.1, 0.15) is 22.9 Å². The van der Waals surface area contributed by atoms with Crippen LogP contribution in [0.2, 0.25) is 5.02 Å². The number of nitrogens with zero attached hydrogens (tertiary/aromatic N) is 1. The number of nitrogens with one attached hydrogen (secondary N) is 2. The highest BCUT2D eigenvalue weighted by atomic mass is 35.5. The van der Waals surface area contributed by atoms with Crippen LogP contribution in [0.3, 0.4) is 0 Å². The van der Waals surface area contributed by atoms with Gasteiger partial charge in [-0.3, -0.25) is 14.3 Å². The molecule has 146 valence electrons. The Balaban J connectivity index is 1.74. The monoisotopic (exact) mass is 408 g/mol. The average molecular weight is 409 g/mol. The van der Waals surface area contributed by atoms with Crippen molar-refractivity contribution in [2.75, 3.05) is 6.54 Å². The fraction of sp³-hybridized carbons (Fsp3) is 0.143. The first-order valence-corrected chi connectivity index (χ1v) is 9.67. The first kappa shape index (κ1) is 17.8. The summed E-state index contributed by atoms with van der Waals surface area (Å²) in [5, 5.41) is 16.8. The third-order valence-electron chi connectivity index (χ3n) is 5.45. The SMILES string of the molecule is O=c1[nH]c(=O)n(-c2ccc(Cl)cc2)c([O-])c1[C@H]1[NH2+]CCc2c1[nH]c1ccccc21. The number of para-hydroxylation sites is 1. The molecule has 0 fully saturated rings. The quantitative estimate of drug-likeness (QED) is 0.459. The summed E-state index contributed by atoms with van der Waals surface area (Å²) in [5.74, 6) is -0.617. The smallest absolute Gasteiger partial charge is 0.332 e. The molecule has 1 atom stereocenters. The Bertz CT molecular complexity index is 1350. The number of halogens is 1. The minimum Gasteiger partial charge on any atom is -0.859 e. The normalized spacial score (nSPS) is 16.1. The van der Waals surface area contributed by atoms with Crippen LogP contribution >= 0.6 is 11.6 Å². The fourth-order valence-corrected chi connectivity index (χ4v) is 4.29. The first-order chi connectivity index (χ1) is 14.0. The van der Waals surface area contributed by atoms with Crippen molar-refractivity contribution in [3.05, 3.63) is 91.2 Å². The maximum absolute atomic E-state index is 13.3. The number of aromatic nitrogens is 3. The maximum Gasteiger partial charge on any atom is 0.332 e. The van der Waals surface area contributed by atoms with E-state index >= 15 is 0 Å². The largest absolute Gasteiger partial charge is 0.859 e. The van der Waals surface area contributed by atoms with Crippen LogP contribution in [0.25, 0.3) is 16.6 Å². The van der Waals surface area contributed by atoms with E-state index in [2.05, 4.69) is 9.97 Å². The van der Waals surface area contributed by atoms with Crippen molar-refractivity contribution >= 4 is 22.5 Å². The lowest BCUT2D eigenvalue weighted by Gasteiger charge is -2.26. The van der Waals surface area contributed by atoms with Crippen LogP contribution in [0, 0.1) is 0 Å². The number of hydrogen-bond acceptors (Lipinski definition) is 3. The summed E-state index contributed by atoms with van der Waals surface area (Å²) in [4.78, 5) is 30.8. The van der Waals surface area contributed by atoms with E-state index in [1.165, 1.54) is 0 Å². The van der Waals surface area contributed by atoms with Gasteiger partial charge in [0.15, 0.2) is 6.04 Å². The number of fused-ring (bicyclic) bond motifs is 3. The number of aromatic amines is 2. The third-order valence-corrected chi connectivity index (χ3v) is 5.70. The summed E-state index contributed by atoms with van der Waals surface area (Å²) in [7, 11) is 0. The van der Waals surface area contributed by atoms with Crippen molar-refractivity contribution in [2.45, 2.75) is 12.5 Å². The predicted molar refractivity (Wildman–Crippen MR) is 108 cm³/mol. The Morgan fingerprint density at radius 2 is 1.83 bits per heavy atom. The molecule has 1 aliphatic heterocycles. The Hall–Kier alpha value is -3.29. The second kappa shape index (κ2) is 6.65. The molecule has 0 radical (unpaired) electrons. The van der Waals surface area contributed by atoms with Crippen molar-refractivity contribution in [3.8, 4) is 11.6 Å². The summed E-state index contributed by atoms with van der Waals surface area (Å²) in [6.07, 6.45) is 0.832. The van der Waals surface area contributed by atoms with E-state index in [-0.39, 0.29) is 5.56 Å². The van der Waals surface area contributed by atoms with Gasteiger partial charge in [-0.25, -0.2) is 4.79 Å². The van der Waals surface area contributed by atoms with Gasteiger partial charge < -0.3 is 15.4 Å². The van der Waals surface area contributed by atoms with Crippen LogP contribution in [-0.4, -0.2) is 21.1 Å². The third kappa shape index (κ3) is 2.78. The second-order valence-corrected chi connectivity index (χ2v) is 7.54. The lowest BCUT2D eigenvalue weighted by atomic mass is 9.95. The first-order valence-electron chi connectivity index (χ1n) is 9.29. The number of nitrogens with two attached hydrogens (primary N) is 1. The molecule has 0 saturated heterocycles. The van der Waals surface area contributed by atoms with Gasteiger partial charge >= 0.3 is 5.69 Å². The van der Waals surface area contributed by atoms with Crippen LogP contribution in [0.15, 0.2) is 58.1 Å². The molecule has 3 heterocycles. The molecule has 2 aromatic carbocycles. The summed E-state index contributed by atoms with van der Waals surface area (Å²) < 4.78 is 0.984. The number of rotatable bonds is 2. The minimum absolute atomic E-state index is 0.0343. The zero-order valence-electron chi connectivity index (χ0n) is 15.2. The molecule has 4 N–H and O–H groups in total. The molecule has 29 heavy (non-hydrogen) atoms. The van der Waals surface area contributed by atoms with Crippen molar-refractivity contribution in [2.24, 2.45) is 0 Å². The second-order valence-electron chi connectivity index (χ2n) is 7.10. The maximum atomic E-state index is 13.3. The lowest BCUT2D eigenvalue weighted by molar-refractivity contribution is -0.691. The average Bonchev–Trinajstić information content (AvgIpc) is 3.09. The summed E-state index contributed by atoms with van der Waals surface area (Å²) in [6, 6.07) is 13.7. The summed E-state index contributed by atoms with van der Waals surface area (Å²) in [5.41, 5.74) is 1.88. The molecule has 0 saturated carbocycles. The molecular formula is C21H17ClN4O3. The topological polar surface area (TPSA) is 110 Å². The van der Waals surface area contributed by atoms with Crippen molar-refractivity contribution in [3.63, 3.8) is 0 Å². The standard InChI is InChI=1S/C21H17ClN4O3/c22-11-5-7-12(8-6-11)26-20(28)16(19(27)25-21(26)29)18-17-14(9-10-23-18)13-3-1-2-4-15(13)24-17/h1-8,18,23-24,28H,9-10H2,(H,25,27,29)/t18-/m1/s1. The van der Waals surface area contributed by atoms with Gasteiger partial charge in [-0.15, -0.1) is 0 Å². The Kier molecular flexibility index (Phi) is 4.08. The number of hydrogen-bond donors (Lipinski definition) is 3. The highest BCUT2D eigenvalue weighted by Gasteiger charge is 2.32. The highest BCUT2D eigenvalue weighted by molar-refractivity contribution is 6.30. The number of benzene rings is 2. The molecule has 1 aliphatic rings. The van der Waals surface area contributed by atoms with Gasteiger partial charge in [0, 0.05) is 28.0 Å². The molecule has 4 aromatic rings. The molecule has 7 nitrogen and oxygen atoms in total. The van der Waals surface area contributed by atoms with E-state index in [0.29, 0.717) is 10.7 Å². The van der Waals surface area contributed by atoms with Gasteiger partial charge in [-0.2, -0.15) is 0 Å². The van der Waals surface area contributed by atoms with E-state index in [4.69, 9.17) is 11.6 Å². The molecule has 0 amide bonds. The zero-order valence-corrected chi connectivity index (χ0v) is 16.0. The molecule has 5 rings (SSSR count). The Morgan fingerprint density at radius 3 is 2.62 bits per heavy atom. The van der Waals surface area contributed by atoms with Gasteiger partial charge in [-0.05, 0) is 41.8 Å². The molecule has 0 spiro atoms. The van der Waals surface area contributed by atoms with Gasteiger partial charge in [-0.1, -0.05) is 29.8 Å². The molecule has 0 bridgehead atoms. The van der Waals surface area contributed by atoms with E-state index in [9.17, 15) is 14.7 Å².